The van der Waals surface area contributed by atoms with E-state index in [1.54, 1.807) is 13.1 Å². The van der Waals surface area contributed by atoms with Crippen LogP contribution in [0.15, 0.2) is 24.3 Å². The van der Waals surface area contributed by atoms with E-state index in [-0.39, 0.29) is 37.2 Å². The van der Waals surface area contributed by atoms with Gasteiger partial charge < -0.3 is 35.8 Å². The Morgan fingerprint density at radius 2 is 1.97 bits per heavy atom. The molecule has 3 amide bonds. The third-order valence-corrected chi connectivity index (χ3v) is 7.76. The molecular formula is C27H43ClN4O5. The number of carbonyl (C=O) groups is 2. The van der Waals surface area contributed by atoms with Crippen molar-refractivity contribution in [3.8, 4) is 0 Å². The highest BCUT2D eigenvalue weighted by Crippen LogP contribution is 2.34. The number of carboxylic acid groups (broad SMARTS) is 1. The number of likely N-dealkylation sites (tertiary alicyclic amines) is 1. The minimum atomic E-state index is -1.09. The lowest BCUT2D eigenvalue weighted by Gasteiger charge is -2.38. The number of hydrogen-bond acceptors (Lipinski definition) is 5. The zero-order valence-electron chi connectivity index (χ0n) is 21.8. The van der Waals surface area contributed by atoms with Crippen molar-refractivity contribution >= 4 is 23.7 Å². The number of benzene rings is 1. The van der Waals surface area contributed by atoms with Crippen LogP contribution < -0.4 is 16.0 Å². The first kappa shape index (κ1) is 29.5. The lowest BCUT2D eigenvalue weighted by Crippen LogP contribution is -2.54. The van der Waals surface area contributed by atoms with Crippen molar-refractivity contribution in [3.63, 3.8) is 0 Å². The topological polar surface area (TPSA) is 123 Å². The molecular weight excluding hydrogens is 496 g/mol. The van der Waals surface area contributed by atoms with Crippen molar-refractivity contribution in [2.45, 2.75) is 69.6 Å². The molecule has 4 atom stereocenters. The molecule has 2 fully saturated rings. The molecule has 5 N–H and O–H groups in total. The van der Waals surface area contributed by atoms with Gasteiger partial charge in [0, 0.05) is 37.1 Å². The molecule has 10 heteroatoms. The molecule has 0 radical (unpaired) electrons. The van der Waals surface area contributed by atoms with Gasteiger partial charge in [0.15, 0.2) is 0 Å². The molecule has 1 aliphatic carbocycles. The number of halogens is 1. The van der Waals surface area contributed by atoms with Gasteiger partial charge in [0.2, 0.25) is 0 Å². The highest BCUT2D eigenvalue weighted by Gasteiger charge is 2.33. The number of carbonyl (C=O) groups excluding carboxylic acids is 1. The predicted octanol–water partition coefficient (Wildman–Crippen LogP) is 4.01. The van der Waals surface area contributed by atoms with Crippen molar-refractivity contribution in [1.82, 2.24) is 20.9 Å². The standard InChI is InChI=1S/C27H43ClN4O5/c1-29-17-24(33)23(15-19-7-3-2-4-8-19)31-26(34)32-13-6-10-21(18-32)25(37-14-12-30-27(35)36)20-9-5-11-22(28)16-20/h5,9,11,16,19,21,23-25,29-30,33H,2-4,6-8,10,12-15,17-18H2,1H3,(H,31,34)(H,35,36)/t21-,23+,24+,25?/m1/s1. The number of ether oxygens (including phenoxy) is 1. The van der Waals surface area contributed by atoms with Crippen LogP contribution in [0.4, 0.5) is 9.59 Å². The normalized spacial score (nSPS) is 21.2. The molecule has 1 heterocycles. The van der Waals surface area contributed by atoms with Crippen LogP contribution in [0.3, 0.4) is 0 Å². The summed E-state index contributed by atoms with van der Waals surface area (Å²) in [5.41, 5.74) is 0.912. The second-order valence-corrected chi connectivity index (χ2v) is 10.8. The summed E-state index contributed by atoms with van der Waals surface area (Å²) in [5, 5.41) is 28.8. The van der Waals surface area contributed by atoms with Gasteiger partial charge in [-0.3, -0.25) is 0 Å². The summed E-state index contributed by atoms with van der Waals surface area (Å²) in [6.07, 6.45) is 6.44. The molecule has 1 aromatic carbocycles. The largest absolute Gasteiger partial charge is 0.465 e. The summed E-state index contributed by atoms with van der Waals surface area (Å²) >= 11 is 6.25. The maximum atomic E-state index is 13.4. The molecule has 9 nitrogen and oxygen atoms in total. The number of nitrogens with zero attached hydrogens (tertiary/aromatic N) is 1. The molecule has 37 heavy (non-hydrogen) atoms. The molecule has 1 aromatic rings. The fourth-order valence-corrected chi connectivity index (χ4v) is 5.87. The first-order valence-corrected chi connectivity index (χ1v) is 14.0. The molecule has 0 bridgehead atoms. The van der Waals surface area contributed by atoms with E-state index < -0.39 is 12.2 Å². The smallest absolute Gasteiger partial charge is 0.404 e. The van der Waals surface area contributed by atoms with Crippen LogP contribution in [0.1, 0.15) is 63.0 Å². The van der Waals surface area contributed by atoms with E-state index in [0.29, 0.717) is 30.6 Å². The van der Waals surface area contributed by atoms with Crippen LogP contribution >= 0.6 is 11.6 Å². The Balaban J connectivity index is 1.66. The Morgan fingerprint density at radius 3 is 2.68 bits per heavy atom. The van der Waals surface area contributed by atoms with Crippen molar-refractivity contribution < 1.29 is 24.5 Å². The van der Waals surface area contributed by atoms with Gasteiger partial charge in [0.05, 0.1) is 24.9 Å². The fourth-order valence-electron chi connectivity index (χ4n) is 5.67. The average Bonchev–Trinajstić information content (AvgIpc) is 2.89. The summed E-state index contributed by atoms with van der Waals surface area (Å²) in [6.45, 7) is 1.97. The Labute approximate surface area is 225 Å². The van der Waals surface area contributed by atoms with Crippen LogP contribution in [0.5, 0.6) is 0 Å². The number of amides is 3. The van der Waals surface area contributed by atoms with Gasteiger partial charge in [-0.2, -0.15) is 0 Å². The predicted molar refractivity (Wildman–Crippen MR) is 144 cm³/mol. The quantitative estimate of drug-likeness (QED) is 0.256. The van der Waals surface area contributed by atoms with E-state index in [9.17, 15) is 14.7 Å². The zero-order chi connectivity index (χ0) is 26.6. The number of nitrogens with one attached hydrogen (secondary N) is 3. The van der Waals surface area contributed by atoms with Crippen LogP contribution in [0, 0.1) is 11.8 Å². The van der Waals surface area contributed by atoms with E-state index in [0.717, 1.165) is 37.7 Å². The Morgan fingerprint density at radius 1 is 1.19 bits per heavy atom. The highest BCUT2D eigenvalue weighted by molar-refractivity contribution is 6.30. The summed E-state index contributed by atoms with van der Waals surface area (Å²) in [6, 6.07) is 7.04. The van der Waals surface area contributed by atoms with Gasteiger partial charge in [0.25, 0.3) is 0 Å². The van der Waals surface area contributed by atoms with Crippen molar-refractivity contribution in [3.05, 3.63) is 34.9 Å². The molecule has 0 spiro atoms. The zero-order valence-corrected chi connectivity index (χ0v) is 22.6. The van der Waals surface area contributed by atoms with E-state index in [2.05, 4.69) is 16.0 Å². The van der Waals surface area contributed by atoms with E-state index in [1.165, 1.54) is 19.3 Å². The van der Waals surface area contributed by atoms with Gasteiger partial charge in [-0.25, -0.2) is 9.59 Å². The number of piperidine rings is 1. The van der Waals surface area contributed by atoms with Crippen LogP contribution in [-0.2, 0) is 4.74 Å². The van der Waals surface area contributed by atoms with Crippen LogP contribution in [-0.4, -0.2) is 79.2 Å². The van der Waals surface area contributed by atoms with Gasteiger partial charge in [0.1, 0.15) is 0 Å². The van der Waals surface area contributed by atoms with Crippen molar-refractivity contribution in [1.29, 1.82) is 0 Å². The van der Waals surface area contributed by atoms with Crippen LogP contribution in [0.25, 0.3) is 0 Å². The van der Waals surface area contributed by atoms with Gasteiger partial charge in [-0.1, -0.05) is 55.8 Å². The minimum absolute atomic E-state index is 0.0295. The van der Waals surface area contributed by atoms with E-state index >= 15 is 0 Å². The van der Waals surface area contributed by atoms with E-state index in [4.69, 9.17) is 21.4 Å². The summed E-state index contributed by atoms with van der Waals surface area (Å²) in [5.74, 6) is 0.557. The summed E-state index contributed by atoms with van der Waals surface area (Å²) in [4.78, 5) is 26.0. The fraction of sp³-hybridized carbons (Fsp3) is 0.704. The first-order chi connectivity index (χ1) is 17.9. The second-order valence-electron chi connectivity index (χ2n) is 10.3. The van der Waals surface area contributed by atoms with Crippen LogP contribution in [0.2, 0.25) is 5.02 Å². The van der Waals surface area contributed by atoms with Crippen molar-refractivity contribution in [2.24, 2.45) is 11.8 Å². The third kappa shape index (κ3) is 9.63. The maximum absolute atomic E-state index is 13.4. The summed E-state index contributed by atoms with van der Waals surface area (Å²) < 4.78 is 6.16. The first-order valence-electron chi connectivity index (χ1n) is 13.6. The lowest BCUT2D eigenvalue weighted by molar-refractivity contribution is -0.00891. The highest BCUT2D eigenvalue weighted by atomic mass is 35.5. The molecule has 1 saturated heterocycles. The average molecular weight is 539 g/mol. The number of likely N-dealkylation sites (N-methyl/N-ethyl adjacent to an activating group) is 1. The lowest BCUT2D eigenvalue weighted by atomic mass is 9.83. The Hall–Kier alpha value is -2.07. The molecule has 208 valence electrons. The molecule has 2 aliphatic rings. The molecule has 1 saturated carbocycles. The monoisotopic (exact) mass is 538 g/mol. The Kier molecular flexibility index (Phi) is 12.2. The molecule has 1 aliphatic heterocycles. The molecule has 1 unspecified atom stereocenters. The number of rotatable bonds is 12. The number of aliphatic hydroxyl groups is 1. The van der Waals surface area contributed by atoms with Gasteiger partial charge in [-0.15, -0.1) is 0 Å². The van der Waals surface area contributed by atoms with E-state index in [1.807, 2.05) is 23.1 Å². The van der Waals surface area contributed by atoms with Gasteiger partial charge >= 0.3 is 12.1 Å². The minimum Gasteiger partial charge on any atom is -0.465 e. The molecule has 0 aromatic heterocycles. The van der Waals surface area contributed by atoms with Crippen molar-refractivity contribution in [2.75, 3.05) is 39.8 Å². The number of aliphatic hydroxyl groups excluding tert-OH is 1. The summed E-state index contributed by atoms with van der Waals surface area (Å²) in [7, 11) is 1.81. The number of urea groups is 1. The van der Waals surface area contributed by atoms with Gasteiger partial charge in [-0.05, 0) is 49.9 Å². The third-order valence-electron chi connectivity index (χ3n) is 7.52. The Bertz CT molecular complexity index is 854. The SMILES string of the molecule is CNC[C@H](O)[C@H](CC1CCCCC1)NC(=O)N1CCC[C@@H](C(OCCNC(=O)O)c2cccc(Cl)c2)C1. The number of hydrogen-bond donors (Lipinski definition) is 5. The second kappa shape index (κ2) is 15.4. The maximum Gasteiger partial charge on any atom is 0.404 e. The molecule has 3 rings (SSSR count).